The standard InChI is InChI=1S/C19H16ClN3OS/c1-11-6-7-13(9-15(11)20)23-18(24)17(22-19(23)25)8-12-10-21-16-5-3-2-4-14(12)16/h2-7,9-10,17,21H,8H2,1H3,(H,22,25)/t17-/m1/s1. The predicted molar refractivity (Wildman–Crippen MR) is 105 cm³/mol. The van der Waals surface area contributed by atoms with Crippen molar-refractivity contribution < 1.29 is 4.79 Å². The minimum Gasteiger partial charge on any atom is -0.361 e. The van der Waals surface area contributed by atoms with Crippen molar-refractivity contribution in [2.75, 3.05) is 4.90 Å². The lowest BCUT2D eigenvalue weighted by atomic mass is 10.0. The summed E-state index contributed by atoms with van der Waals surface area (Å²) in [5.74, 6) is -0.0600. The summed E-state index contributed by atoms with van der Waals surface area (Å²) in [6.07, 6.45) is 2.52. The molecule has 1 aliphatic heterocycles. The molecule has 0 spiro atoms. The van der Waals surface area contributed by atoms with Gasteiger partial charge in [-0.05, 0) is 48.5 Å². The number of rotatable bonds is 3. The molecule has 25 heavy (non-hydrogen) atoms. The third-order valence-corrected chi connectivity index (χ3v) is 5.24. The van der Waals surface area contributed by atoms with Crippen molar-refractivity contribution in [1.29, 1.82) is 0 Å². The van der Waals surface area contributed by atoms with E-state index in [1.807, 2.05) is 43.5 Å². The van der Waals surface area contributed by atoms with Crippen LogP contribution in [0.3, 0.4) is 0 Å². The molecule has 1 aromatic heterocycles. The fraction of sp³-hybridized carbons (Fsp3) is 0.158. The summed E-state index contributed by atoms with van der Waals surface area (Å²) in [4.78, 5) is 17.7. The molecule has 1 aliphatic rings. The van der Waals surface area contributed by atoms with Crippen molar-refractivity contribution in [1.82, 2.24) is 10.3 Å². The number of halogens is 1. The summed E-state index contributed by atoms with van der Waals surface area (Å²) < 4.78 is 0. The third kappa shape index (κ3) is 2.79. The molecule has 3 aromatic rings. The highest BCUT2D eigenvalue weighted by atomic mass is 35.5. The second-order valence-corrected chi connectivity index (χ2v) is 6.97. The number of hydrogen-bond acceptors (Lipinski definition) is 2. The number of aromatic amines is 1. The molecule has 1 amide bonds. The van der Waals surface area contributed by atoms with Crippen LogP contribution in [0.5, 0.6) is 0 Å². The van der Waals surface area contributed by atoms with Gasteiger partial charge in [-0.15, -0.1) is 0 Å². The molecule has 2 N–H and O–H groups in total. The Bertz CT molecular complexity index is 997. The van der Waals surface area contributed by atoms with Gasteiger partial charge in [-0.25, -0.2) is 0 Å². The SMILES string of the molecule is Cc1ccc(N2C(=O)[C@@H](Cc3c[nH]c4ccccc34)NC2=S)cc1Cl. The number of carbonyl (C=O) groups excluding carboxylic acids is 1. The van der Waals surface area contributed by atoms with Crippen LogP contribution in [0.1, 0.15) is 11.1 Å². The smallest absolute Gasteiger partial charge is 0.256 e. The maximum atomic E-state index is 12.9. The first-order valence-corrected chi connectivity index (χ1v) is 8.79. The Morgan fingerprint density at radius 2 is 2.04 bits per heavy atom. The Morgan fingerprint density at radius 3 is 2.84 bits per heavy atom. The summed E-state index contributed by atoms with van der Waals surface area (Å²) in [5.41, 5.74) is 3.81. The molecular formula is C19H16ClN3OS. The maximum Gasteiger partial charge on any atom is 0.256 e. The molecule has 4 nitrogen and oxygen atoms in total. The summed E-state index contributed by atoms with van der Waals surface area (Å²) >= 11 is 11.6. The van der Waals surface area contributed by atoms with Crippen LogP contribution >= 0.6 is 23.8 Å². The van der Waals surface area contributed by atoms with Crippen molar-refractivity contribution in [3.8, 4) is 0 Å². The summed E-state index contributed by atoms with van der Waals surface area (Å²) in [6.45, 7) is 1.92. The first-order chi connectivity index (χ1) is 12.0. The zero-order valence-corrected chi connectivity index (χ0v) is 15.1. The minimum absolute atomic E-state index is 0.0600. The van der Waals surface area contributed by atoms with E-state index in [9.17, 15) is 4.79 Å². The van der Waals surface area contributed by atoms with E-state index >= 15 is 0 Å². The van der Waals surface area contributed by atoms with E-state index < -0.39 is 0 Å². The van der Waals surface area contributed by atoms with Gasteiger partial charge in [-0.3, -0.25) is 9.69 Å². The molecular weight excluding hydrogens is 354 g/mol. The van der Waals surface area contributed by atoms with Crippen LogP contribution in [0.25, 0.3) is 10.9 Å². The van der Waals surface area contributed by atoms with E-state index in [0.717, 1.165) is 22.0 Å². The number of aromatic nitrogens is 1. The number of carbonyl (C=O) groups is 1. The zero-order valence-electron chi connectivity index (χ0n) is 13.5. The molecule has 2 aromatic carbocycles. The molecule has 1 atom stereocenters. The number of fused-ring (bicyclic) bond motifs is 1. The average molecular weight is 370 g/mol. The van der Waals surface area contributed by atoms with Gasteiger partial charge in [0.2, 0.25) is 0 Å². The van der Waals surface area contributed by atoms with Crippen LogP contribution in [-0.2, 0) is 11.2 Å². The number of nitrogens with one attached hydrogen (secondary N) is 2. The lowest BCUT2D eigenvalue weighted by Gasteiger charge is -2.15. The zero-order chi connectivity index (χ0) is 17.6. The molecule has 0 saturated carbocycles. The highest BCUT2D eigenvalue weighted by molar-refractivity contribution is 7.80. The van der Waals surface area contributed by atoms with Crippen LogP contribution in [-0.4, -0.2) is 22.0 Å². The quantitative estimate of drug-likeness (QED) is 0.687. The fourth-order valence-corrected chi connectivity index (χ4v) is 3.67. The third-order valence-electron chi connectivity index (χ3n) is 4.53. The Morgan fingerprint density at radius 1 is 1.24 bits per heavy atom. The summed E-state index contributed by atoms with van der Waals surface area (Å²) in [5, 5.41) is 5.30. The predicted octanol–water partition coefficient (Wildman–Crippen LogP) is 3.96. The molecule has 1 saturated heterocycles. The van der Waals surface area contributed by atoms with Crippen molar-refractivity contribution in [2.45, 2.75) is 19.4 Å². The number of benzene rings is 2. The van der Waals surface area contributed by atoms with Crippen LogP contribution in [0.4, 0.5) is 5.69 Å². The number of hydrogen-bond donors (Lipinski definition) is 2. The van der Waals surface area contributed by atoms with E-state index in [1.54, 1.807) is 6.07 Å². The van der Waals surface area contributed by atoms with Crippen LogP contribution in [0, 0.1) is 6.92 Å². The molecule has 4 rings (SSSR count). The molecule has 126 valence electrons. The molecule has 0 bridgehead atoms. The molecule has 0 radical (unpaired) electrons. The summed E-state index contributed by atoms with van der Waals surface area (Å²) in [6, 6.07) is 13.2. The van der Waals surface area contributed by atoms with Gasteiger partial charge in [-0.2, -0.15) is 0 Å². The lowest BCUT2D eigenvalue weighted by Crippen LogP contribution is -2.32. The van der Waals surface area contributed by atoms with Gasteiger partial charge in [-0.1, -0.05) is 35.9 Å². The van der Waals surface area contributed by atoms with Gasteiger partial charge in [0.15, 0.2) is 5.11 Å². The topological polar surface area (TPSA) is 48.1 Å². The van der Waals surface area contributed by atoms with Crippen molar-refractivity contribution in [2.24, 2.45) is 0 Å². The maximum absolute atomic E-state index is 12.9. The Hall–Kier alpha value is -2.37. The van der Waals surface area contributed by atoms with Crippen LogP contribution < -0.4 is 10.2 Å². The number of para-hydroxylation sites is 1. The highest BCUT2D eigenvalue weighted by Gasteiger charge is 2.36. The van der Waals surface area contributed by atoms with E-state index in [1.165, 1.54) is 4.90 Å². The second kappa shape index (κ2) is 6.17. The molecule has 2 heterocycles. The highest BCUT2D eigenvalue weighted by Crippen LogP contribution is 2.27. The van der Waals surface area contributed by atoms with Crippen molar-refractivity contribution >= 4 is 51.4 Å². The normalized spacial score (nSPS) is 17.4. The van der Waals surface area contributed by atoms with E-state index in [2.05, 4.69) is 16.4 Å². The second-order valence-electron chi connectivity index (χ2n) is 6.17. The van der Waals surface area contributed by atoms with E-state index in [-0.39, 0.29) is 11.9 Å². The minimum atomic E-state index is -0.383. The van der Waals surface area contributed by atoms with Gasteiger partial charge >= 0.3 is 0 Å². The molecule has 0 aliphatic carbocycles. The Kier molecular flexibility index (Phi) is 3.98. The number of amides is 1. The monoisotopic (exact) mass is 369 g/mol. The van der Waals surface area contributed by atoms with Gasteiger partial charge in [0.1, 0.15) is 6.04 Å². The van der Waals surface area contributed by atoms with Gasteiger partial charge in [0.25, 0.3) is 5.91 Å². The van der Waals surface area contributed by atoms with Gasteiger partial charge in [0.05, 0.1) is 5.69 Å². The van der Waals surface area contributed by atoms with Gasteiger partial charge in [0, 0.05) is 28.5 Å². The van der Waals surface area contributed by atoms with Crippen molar-refractivity contribution in [3.05, 3.63) is 64.8 Å². The average Bonchev–Trinajstić information content (AvgIpc) is 3.12. The number of nitrogens with zero attached hydrogens (tertiary/aromatic N) is 1. The molecule has 6 heteroatoms. The van der Waals surface area contributed by atoms with Crippen LogP contribution in [0.15, 0.2) is 48.7 Å². The Balaban J connectivity index is 1.61. The fourth-order valence-electron chi connectivity index (χ4n) is 3.16. The Labute approximate surface area is 155 Å². The van der Waals surface area contributed by atoms with E-state index in [0.29, 0.717) is 22.2 Å². The largest absolute Gasteiger partial charge is 0.361 e. The van der Waals surface area contributed by atoms with E-state index in [4.69, 9.17) is 23.8 Å². The first-order valence-electron chi connectivity index (χ1n) is 8.00. The number of anilines is 1. The summed E-state index contributed by atoms with van der Waals surface area (Å²) in [7, 11) is 0. The number of H-pyrrole nitrogens is 1. The number of thiocarbonyl (C=S) groups is 1. The van der Waals surface area contributed by atoms with Crippen molar-refractivity contribution in [3.63, 3.8) is 0 Å². The molecule has 0 unspecified atom stereocenters. The first kappa shape index (κ1) is 16.1. The lowest BCUT2D eigenvalue weighted by molar-refractivity contribution is -0.118. The van der Waals surface area contributed by atoms with Gasteiger partial charge < -0.3 is 10.3 Å². The van der Waals surface area contributed by atoms with Crippen LogP contribution in [0.2, 0.25) is 5.02 Å². The molecule has 1 fully saturated rings. The number of aryl methyl sites for hydroxylation is 1.